The van der Waals surface area contributed by atoms with Gasteiger partial charge in [0.2, 0.25) is 11.8 Å². The Morgan fingerprint density at radius 2 is 1.86 bits per heavy atom. The Balaban J connectivity index is 1.39. The van der Waals surface area contributed by atoms with Crippen LogP contribution in [0.4, 0.5) is 0 Å². The third-order valence-corrected chi connectivity index (χ3v) is 5.35. The number of rotatable bonds is 6. The van der Waals surface area contributed by atoms with E-state index >= 15 is 0 Å². The second-order valence-electron chi connectivity index (χ2n) is 6.09. The summed E-state index contributed by atoms with van der Waals surface area (Å²) in [6.45, 7) is 0.442. The van der Waals surface area contributed by atoms with E-state index in [1.54, 1.807) is 24.8 Å². The van der Waals surface area contributed by atoms with E-state index in [1.807, 2.05) is 30.3 Å². The number of hydrogen-bond donors (Lipinski definition) is 0. The van der Waals surface area contributed by atoms with Crippen molar-refractivity contribution < 1.29 is 23.7 Å². The highest BCUT2D eigenvalue weighted by molar-refractivity contribution is 7.19. The Hall–Kier alpha value is -3.53. The van der Waals surface area contributed by atoms with E-state index in [1.165, 1.54) is 11.3 Å². The Morgan fingerprint density at radius 1 is 1.00 bits per heavy atom. The van der Waals surface area contributed by atoms with Gasteiger partial charge < -0.3 is 23.7 Å². The first kappa shape index (κ1) is 17.6. The largest absolute Gasteiger partial charge is 0.493 e. The number of hydrogen-bond acceptors (Lipinski definition) is 9. The van der Waals surface area contributed by atoms with Crippen LogP contribution in [0.5, 0.6) is 28.7 Å². The molecule has 2 aromatic carbocycles. The van der Waals surface area contributed by atoms with Crippen molar-refractivity contribution in [1.29, 1.82) is 0 Å². The van der Waals surface area contributed by atoms with Crippen LogP contribution in [0.15, 0.2) is 36.4 Å². The summed E-state index contributed by atoms with van der Waals surface area (Å²) in [6.07, 6.45) is 0. The lowest BCUT2D eigenvalue weighted by Crippen LogP contribution is -2.02. The fourth-order valence-corrected chi connectivity index (χ4v) is 3.80. The maximum Gasteiger partial charge on any atom is 0.235 e. The number of nitrogens with zero attached hydrogens (tertiary/aromatic N) is 4. The lowest BCUT2D eigenvalue weighted by molar-refractivity contribution is 0.173. The van der Waals surface area contributed by atoms with Crippen molar-refractivity contribution in [3.8, 4) is 39.3 Å². The van der Waals surface area contributed by atoms with Crippen molar-refractivity contribution in [2.24, 2.45) is 0 Å². The molecule has 0 spiro atoms. The van der Waals surface area contributed by atoms with Gasteiger partial charge in [-0.15, -0.1) is 10.2 Å². The fourth-order valence-electron chi connectivity index (χ4n) is 2.95. The van der Waals surface area contributed by atoms with Gasteiger partial charge >= 0.3 is 0 Å². The van der Waals surface area contributed by atoms with E-state index in [0.29, 0.717) is 39.5 Å². The molecule has 29 heavy (non-hydrogen) atoms. The van der Waals surface area contributed by atoms with Crippen molar-refractivity contribution in [2.75, 3.05) is 21.0 Å². The van der Waals surface area contributed by atoms with Crippen LogP contribution in [-0.2, 0) is 6.61 Å². The third-order valence-electron chi connectivity index (χ3n) is 4.40. The molecule has 0 N–H and O–H groups in total. The first-order chi connectivity index (χ1) is 14.2. The molecule has 9 nitrogen and oxygen atoms in total. The molecule has 1 aliphatic heterocycles. The van der Waals surface area contributed by atoms with Gasteiger partial charge in [-0.3, -0.25) is 0 Å². The molecule has 148 valence electrons. The molecule has 5 rings (SSSR count). The molecule has 0 saturated carbocycles. The van der Waals surface area contributed by atoms with Gasteiger partial charge in [0.25, 0.3) is 0 Å². The van der Waals surface area contributed by atoms with Gasteiger partial charge in [0.15, 0.2) is 28.8 Å². The first-order valence-electron chi connectivity index (χ1n) is 8.71. The topological polar surface area (TPSA) is 89.2 Å². The van der Waals surface area contributed by atoms with Crippen LogP contribution in [0, 0.1) is 0 Å². The summed E-state index contributed by atoms with van der Waals surface area (Å²) in [5.41, 5.74) is 0.904. The summed E-state index contributed by atoms with van der Waals surface area (Å²) >= 11 is 1.43. The summed E-state index contributed by atoms with van der Waals surface area (Å²) < 4.78 is 28.9. The fraction of sp³-hybridized carbons (Fsp3) is 0.211. The summed E-state index contributed by atoms with van der Waals surface area (Å²) in [4.78, 5) is 0.680. The molecule has 3 heterocycles. The second-order valence-corrected chi connectivity index (χ2v) is 7.05. The highest BCUT2D eigenvalue weighted by Gasteiger charge is 2.17. The zero-order valence-corrected chi connectivity index (χ0v) is 16.4. The Bertz CT molecular complexity index is 1190. The monoisotopic (exact) mass is 412 g/mol. The van der Waals surface area contributed by atoms with Crippen LogP contribution >= 0.6 is 11.3 Å². The van der Waals surface area contributed by atoms with E-state index in [0.717, 1.165) is 10.6 Å². The van der Waals surface area contributed by atoms with Crippen LogP contribution in [0.3, 0.4) is 0 Å². The summed E-state index contributed by atoms with van der Waals surface area (Å²) in [7, 11) is 3.21. The molecule has 0 bridgehead atoms. The molecule has 4 aromatic rings. The van der Waals surface area contributed by atoms with Gasteiger partial charge in [-0.1, -0.05) is 11.3 Å². The number of ether oxygens (including phenoxy) is 5. The quantitative estimate of drug-likeness (QED) is 0.477. The SMILES string of the molecule is COc1ccc(-c2nn3c(COc4ccc5c(c4)OCO5)nnc3s2)cc1OC. The average Bonchev–Trinajstić information content (AvgIpc) is 3.47. The van der Waals surface area contributed by atoms with Crippen molar-refractivity contribution in [1.82, 2.24) is 19.8 Å². The molecule has 10 heteroatoms. The molecule has 0 amide bonds. The Kier molecular flexibility index (Phi) is 4.32. The van der Waals surface area contributed by atoms with Crippen LogP contribution in [0.2, 0.25) is 0 Å². The Labute approximate surface area is 169 Å². The maximum absolute atomic E-state index is 5.83. The summed E-state index contributed by atoms with van der Waals surface area (Å²) in [5.74, 6) is 3.93. The van der Waals surface area contributed by atoms with Gasteiger partial charge in [0, 0.05) is 11.6 Å². The minimum absolute atomic E-state index is 0.218. The predicted octanol–water partition coefficient (Wildman–Crippen LogP) is 3.18. The van der Waals surface area contributed by atoms with Crippen molar-refractivity contribution in [3.05, 3.63) is 42.2 Å². The van der Waals surface area contributed by atoms with E-state index in [4.69, 9.17) is 23.7 Å². The summed E-state index contributed by atoms with van der Waals surface area (Å²) in [5, 5.41) is 13.8. The Morgan fingerprint density at radius 3 is 2.72 bits per heavy atom. The molecule has 0 unspecified atom stereocenters. The third kappa shape index (κ3) is 3.17. The van der Waals surface area contributed by atoms with Crippen molar-refractivity contribution >= 4 is 16.3 Å². The van der Waals surface area contributed by atoms with E-state index < -0.39 is 0 Å². The molecular weight excluding hydrogens is 396 g/mol. The molecule has 0 aliphatic carbocycles. The predicted molar refractivity (Wildman–Crippen MR) is 104 cm³/mol. The molecule has 1 aliphatic rings. The number of fused-ring (bicyclic) bond motifs is 2. The molecule has 0 radical (unpaired) electrons. The van der Waals surface area contributed by atoms with Crippen LogP contribution in [0.25, 0.3) is 15.5 Å². The molecule has 0 atom stereocenters. The van der Waals surface area contributed by atoms with Gasteiger partial charge in [-0.25, -0.2) is 0 Å². The normalized spacial score (nSPS) is 12.3. The van der Waals surface area contributed by atoms with Crippen molar-refractivity contribution in [2.45, 2.75) is 6.61 Å². The first-order valence-corrected chi connectivity index (χ1v) is 9.53. The standard InChI is InChI=1S/C19H16N4O5S/c1-24-13-5-3-11(7-15(13)25-2)18-22-23-17(20-21-19(23)29-18)9-26-12-4-6-14-16(8-12)28-10-27-14/h3-8H,9-10H2,1-2H3. The van der Waals surface area contributed by atoms with Crippen molar-refractivity contribution in [3.63, 3.8) is 0 Å². The lowest BCUT2D eigenvalue weighted by atomic mass is 10.2. The zero-order valence-electron chi connectivity index (χ0n) is 15.6. The van der Waals surface area contributed by atoms with Crippen LogP contribution in [0.1, 0.15) is 5.82 Å². The zero-order chi connectivity index (χ0) is 19.8. The van der Waals surface area contributed by atoms with Crippen LogP contribution < -0.4 is 23.7 Å². The van der Waals surface area contributed by atoms with Crippen LogP contribution in [-0.4, -0.2) is 40.8 Å². The molecule has 0 saturated heterocycles. The number of aromatic nitrogens is 4. The van der Waals surface area contributed by atoms with E-state index in [-0.39, 0.29) is 13.4 Å². The smallest absolute Gasteiger partial charge is 0.235 e. The molecule has 0 fully saturated rings. The minimum atomic E-state index is 0.218. The maximum atomic E-state index is 5.83. The van der Waals surface area contributed by atoms with Gasteiger partial charge in [0.1, 0.15) is 17.4 Å². The number of benzene rings is 2. The van der Waals surface area contributed by atoms with Gasteiger partial charge in [-0.05, 0) is 30.3 Å². The highest BCUT2D eigenvalue weighted by atomic mass is 32.1. The van der Waals surface area contributed by atoms with E-state index in [9.17, 15) is 0 Å². The molecule has 2 aromatic heterocycles. The molecular formula is C19H16N4O5S. The van der Waals surface area contributed by atoms with E-state index in [2.05, 4.69) is 15.3 Å². The van der Waals surface area contributed by atoms with Gasteiger partial charge in [0.05, 0.1) is 14.2 Å². The minimum Gasteiger partial charge on any atom is -0.493 e. The summed E-state index contributed by atoms with van der Waals surface area (Å²) in [6, 6.07) is 11.1. The van der Waals surface area contributed by atoms with Gasteiger partial charge in [-0.2, -0.15) is 9.61 Å². The second kappa shape index (κ2) is 7.13. The lowest BCUT2D eigenvalue weighted by Gasteiger charge is -2.08. The average molecular weight is 412 g/mol. The highest BCUT2D eigenvalue weighted by Crippen LogP contribution is 2.36. The number of methoxy groups -OCH3 is 2.